The zero-order valence-electron chi connectivity index (χ0n) is 23.3. The number of aromatic nitrogens is 1. The molecule has 11 heteroatoms. The van der Waals surface area contributed by atoms with Gasteiger partial charge in [0.2, 0.25) is 17.7 Å². The van der Waals surface area contributed by atoms with Crippen LogP contribution in [0.5, 0.6) is 0 Å². The fourth-order valence-electron chi connectivity index (χ4n) is 4.41. The molecule has 2 rings (SSSR count). The third-order valence-corrected chi connectivity index (χ3v) is 6.60. The summed E-state index contributed by atoms with van der Waals surface area (Å²) in [7, 11) is 0. The predicted molar refractivity (Wildman–Crippen MR) is 151 cm³/mol. The number of carbonyl (C=O) groups excluding carboxylic acids is 3. The molecule has 0 aliphatic carbocycles. The second-order valence-electron chi connectivity index (χ2n) is 10.8. The monoisotopic (exact) mass is 544 g/mol. The number of carboxylic acid groups (broad SMARTS) is 1. The van der Waals surface area contributed by atoms with Crippen LogP contribution in [0.2, 0.25) is 0 Å². The molecule has 0 fully saturated rings. The molecule has 0 spiro atoms. The zero-order chi connectivity index (χ0) is 29.1. The van der Waals surface area contributed by atoms with E-state index in [0.717, 1.165) is 16.5 Å². The molecule has 39 heavy (non-hydrogen) atoms. The first-order chi connectivity index (χ1) is 18.4. The van der Waals surface area contributed by atoms with E-state index in [9.17, 15) is 24.3 Å². The minimum atomic E-state index is -1.15. The number of aromatic amines is 1. The van der Waals surface area contributed by atoms with Gasteiger partial charge in [-0.3, -0.25) is 14.4 Å². The molecule has 0 aliphatic rings. The maximum atomic E-state index is 13.3. The van der Waals surface area contributed by atoms with Crippen LogP contribution in [-0.4, -0.2) is 64.5 Å². The summed E-state index contributed by atoms with van der Waals surface area (Å²) in [6.07, 6.45) is 3.86. The number of nitrogens with one attached hydrogen (secondary N) is 4. The van der Waals surface area contributed by atoms with E-state index in [0.29, 0.717) is 25.8 Å². The Hall–Kier alpha value is -3.44. The van der Waals surface area contributed by atoms with Gasteiger partial charge in [-0.1, -0.05) is 45.9 Å². The average Bonchev–Trinajstić information content (AvgIpc) is 3.28. The lowest BCUT2D eigenvalue weighted by molar-refractivity contribution is -0.142. The standard InChI is InChI=1S/C28H44N6O5/c1-16(2)13-23(33-25(35)20(30)14-18-15-31-21-10-6-5-9-19(18)21)26(36)34-24(17(3)4)27(37)32-22(28(38)39)11-7-8-12-29/h5-6,9-10,15-17,20,22-24,31H,7-8,11-14,29-30H2,1-4H3,(H,32,37)(H,33,35)(H,34,36)(H,38,39)/t20-,22-,23-,24-/m0/s1. The van der Waals surface area contributed by atoms with Gasteiger partial charge in [0.05, 0.1) is 6.04 Å². The number of aliphatic carboxylic acids is 1. The second-order valence-corrected chi connectivity index (χ2v) is 10.8. The van der Waals surface area contributed by atoms with Crippen molar-refractivity contribution in [1.82, 2.24) is 20.9 Å². The number of hydrogen-bond acceptors (Lipinski definition) is 6. The number of benzene rings is 1. The Kier molecular flexibility index (Phi) is 12.4. The van der Waals surface area contributed by atoms with Gasteiger partial charge >= 0.3 is 5.97 Å². The number of rotatable bonds is 16. The molecule has 1 aromatic heterocycles. The molecular weight excluding hydrogens is 500 g/mol. The number of para-hydroxylation sites is 1. The Balaban J connectivity index is 2.08. The molecule has 0 radical (unpaired) electrons. The highest BCUT2D eigenvalue weighted by atomic mass is 16.4. The summed E-state index contributed by atoms with van der Waals surface area (Å²) in [6.45, 7) is 7.77. The molecule has 11 nitrogen and oxygen atoms in total. The highest BCUT2D eigenvalue weighted by Crippen LogP contribution is 2.19. The minimum Gasteiger partial charge on any atom is -0.480 e. The van der Waals surface area contributed by atoms with Crippen LogP contribution in [0.1, 0.15) is 58.9 Å². The molecule has 4 atom stereocenters. The van der Waals surface area contributed by atoms with Gasteiger partial charge in [0.25, 0.3) is 0 Å². The number of H-pyrrole nitrogens is 1. The van der Waals surface area contributed by atoms with Crippen molar-refractivity contribution in [3.8, 4) is 0 Å². The van der Waals surface area contributed by atoms with Crippen LogP contribution in [0.4, 0.5) is 0 Å². The normalized spacial score (nSPS) is 14.6. The van der Waals surface area contributed by atoms with Crippen molar-refractivity contribution < 1.29 is 24.3 Å². The summed E-state index contributed by atoms with van der Waals surface area (Å²) >= 11 is 0. The van der Waals surface area contributed by atoms with Crippen LogP contribution in [0, 0.1) is 11.8 Å². The number of nitrogens with two attached hydrogens (primary N) is 2. The molecule has 216 valence electrons. The summed E-state index contributed by atoms with van der Waals surface area (Å²) in [5.74, 6) is -3.01. The highest BCUT2D eigenvalue weighted by Gasteiger charge is 2.32. The summed E-state index contributed by atoms with van der Waals surface area (Å²) in [4.78, 5) is 54.1. The van der Waals surface area contributed by atoms with E-state index in [4.69, 9.17) is 11.5 Å². The van der Waals surface area contributed by atoms with Crippen LogP contribution >= 0.6 is 0 Å². The Morgan fingerprint density at radius 2 is 1.59 bits per heavy atom. The van der Waals surface area contributed by atoms with Gasteiger partial charge in [-0.2, -0.15) is 0 Å². The molecule has 3 amide bonds. The largest absolute Gasteiger partial charge is 0.480 e. The van der Waals surface area contributed by atoms with Crippen LogP contribution in [0.15, 0.2) is 30.5 Å². The quantitative estimate of drug-likeness (QED) is 0.155. The lowest BCUT2D eigenvalue weighted by Crippen LogP contribution is -2.58. The number of carbonyl (C=O) groups is 4. The predicted octanol–water partition coefficient (Wildman–Crippen LogP) is 1.41. The van der Waals surface area contributed by atoms with Gasteiger partial charge < -0.3 is 37.5 Å². The zero-order valence-corrected chi connectivity index (χ0v) is 23.3. The third-order valence-electron chi connectivity index (χ3n) is 6.60. The molecule has 0 aliphatic heterocycles. The van der Waals surface area contributed by atoms with Gasteiger partial charge in [0.15, 0.2) is 0 Å². The Labute approximate surface area is 229 Å². The highest BCUT2D eigenvalue weighted by molar-refractivity contribution is 5.94. The number of amides is 3. The van der Waals surface area contributed by atoms with Crippen molar-refractivity contribution in [2.45, 2.75) is 84.0 Å². The second kappa shape index (κ2) is 15.2. The van der Waals surface area contributed by atoms with E-state index < -0.39 is 47.9 Å². The van der Waals surface area contributed by atoms with Crippen molar-refractivity contribution in [3.63, 3.8) is 0 Å². The maximum Gasteiger partial charge on any atom is 0.326 e. The number of unbranched alkanes of at least 4 members (excludes halogenated alkanes) is 1. The molecule has 0 saturated carbocycles. The first-order valence-electron chi connectivity index (χ1n) is 13.6. The topological polar surface area (TPSA) is 192 Å². The first kappa shape index (κ1) is 31.8. The number of carboxylic acids is 1. The van der Waals surface area contributed by atoms with Crippen LogP contribution < -0.4 is 27.4 Å². The minimum absolute atomic E-state index is 0.0659. The molecule has 1 aromatic carbocycles. The summed E-state index contributed by atoms with van der Waals surface area (Å²) in [6, 6.07) is 3.84. The van der Waals surface area contributed by atoms with Gasteiger partial charge in [0, 0.05) is 17.1 Å². The van der Waals surface area contributed by atoms with Crippen molar-refractivity contribution in [1.29, 1.82) is 0 Å². The fraction of sp³-hybridized carbons (Fsp3) is 0.571. The fourth-order valence-corrected chi connectivity index (χ4v) is 4.41. The van der Waals surface area contributed by atoms with Crippen molar-refractivity contribution in [2.24, 2.45) is 23.3 Å². The van der Waals surface area contributed by atoms with Crippen LogP contribution in [0.25, 0.3) is 10.9 Å². The Morgan fingerprint density at radius 3 is 2.21 bits per heavy atom. The first-order valence-corrected chi connectivity index (χ1v) is 13.6. The van der Waals surface area contributed by atoms with E-state index in [1.165, 1.54) is 0 Å². The number of fused-ring (bicyclic) bond motifs is 1. The van der Waals surface area contributed by atoms with Crippen molar-refractivity contribution in [2.75, 3.05) is 6.54 Å². The Morgan fingerprint density at radius 1 is 0.923 bits per heavy atom. The maximum absolute atomic E-state index is 13.3. The summed E-state index contributed by atoms with van der Waals surface area (Å²) in [5.41, 5.74) is 13.6. The lowest BCUT2D eigenvalue weighted by atomic mass is 9.98. The summed E-state index contributed by atoms with van der Waals surface area (Å²) < 4.78 is 0. The van der Waals surface area contributed by atoms with Gasteiger partial charge in [-0.25, -0.2) is 4.79 Å². The van der Waals surface area contributed by atoms with Gasteiger partial charge in [0.1, 0.15) is 18.1 Å². The van der Waals surface area contributed by atoms with E-state index in [1.54, 1.807) is 13.8 Å². The molecule has 2 aromatic rings. The lowest BCUT2D eigenvalue weighted by Gasteiger charge is -2.27. The van der Waals surface area contributed by atoms with Crippen LogP contribution in [0.3, 0.4) is 0 Å². The van der Waals surface area contributed by atoms with Crippen LogP contribution in [-0.2, 0) is 25.6 Å². The molecular formula is C28H44N6O5. The van der Waals surface area contributed by atoms with E-state index in [-0.39, 0.29) is 24.7 Å². The van der Waals surface area contributed by atoms with Crippen molar-refractivity contribution in [3.05, 3.63) is 36.0 Å². The molecule has 0 saturated heterocycles. The summed E-state index contributed by atoms with van der Waals surface area (Å²) in [5, 5.41) is 18.5. The molecule has 0 bridgehead atoms. The van der Waals surface area contributed by atoms with Gasteiger partial charge in [-0.05, 0) is 62.1 Å². The average molecular weight is 545 g/mol. The smallest absolute Gasteiger partial charge is 0.326 e. The SMILES string of the molecule is CC(C)C[C@H](NC(=O)[C@@H](N)Cc1c[nH]c2ccccc12)C(=O)N[C@H](C(=O)N[C@@H](CCCCN)C(=O)O)C(C)C. The number of hydrogen-bond donors (Lipinski definition) is 7. The Bertz CT molecular complexity index is 1110. The third kappa shape index (κ3) is 9.67. The molecule has 1 heterocycles. The van der Waals surface area contributed by atoms with Crippen molar-refractivity contribution >= 4 is 34.6 Å². The molecule has 9 N–H and O–H groups in total. The van der Waals surface area contributed by atoms with E-state index in [1.807, 2.05) is 44.3 Å². The van der Waals surface area contributed by atoms with E-state index in [2.05, 4.69) is 20.9 Å². The van der Waals surface area contributed by atoms with E-state index >= 15 is 0 Å². The molecule has 0 unspecified atom stereocenters. The van der Waals surface area contributed by atoms with Gasteiger partial charge in [-0.15, -0.1) is 0 Å².